The Morgan fingerprint density at radius 3 is 2.11 bits per heavy atom. The molecule has 0 aromatic heterocycles. The standard InChI is InChI=1S/C13H16O5S/c1-8-7-9(5-6-10(8)19-4)13(16,11(14)17-2)12(15)18-3/h5-7,16H,1-4H3. The molecule has 0 saturated heterocycles. The Kier molecular flexibility index (Phi) is 4.97. The van der Waals surface area contributed by atoms with E-state index in [1.54, 1.807) is 12.1 Å². The summed E-state index contributed by atoms with van der Waals surface area (Å²) in [5.74, 6) is -2.15. The molecule has 0 saturated carbocycles. The van der Waals surface area contributed by atoms with Crippen molar-refractivity contribution in [3.8, 4) is 0 Å². The number of aryl methyl sites for hydroxylation is 1. The predicted molar refractivity (Wildman–Crippen MR) is 70.9 cm³/mol. The van der Waals surface area contributed by atoms with Gasteiger partial charge in [0.15, 0.2) is 0 Å². The summed E-state index contributed by atoms with van der Waals surface area (Å²) in [6.45, 7) is 1.82. The normalized spacial score (nSPS) is 11.0. The third-order valence-corrected chi connectivity index (χ3v) is 3.67. The van der Waals surface area contributed by atoms with Crippen molar-refractivity contribution >= 4 is 23.7 Å². The molecular formula is C13H16O5S. The molecule has 0 unspecified atom stereocenters. The molecule has 1 rings (SSSR count). The van der Waals surface area contributed by atoms with Crippen LogP contribution in [0.25, 0.3) is 0 Å². The summed E-state index contributed by atoms with van der Waals surface area (Å²) in [4.78, 5) is 24.4. The first-order chi connectivity index (χ1) is 8.91. The van der Waals surface area contributed by atoms with Gasteiger partial charge in [-0.1, -0.05) is 12.1 Å². The van der Waals surface area contributed by atoms with E-state index in [2.05, 4.69) is 9.47 Å². The highest BCUT2D eigenvalue weighted by molar-refractivity contribution is 7.98. The van der Waals surface area contributed by atoms with E-state index in [0.717, 1.165) is 24.7 Å². The van der Waals surface area contributed by atoms with Crippen LogP contribution < -0.4 is 0 Å². The van der Waals surface area contributed by atoms with Crippen LogP contribution in [0.3, 0.4) is 0 Å². The van der Waals surface area contributed by atoms with Gasteiger partial charge in [0, 0.05) is 10.5 Å². The number of benzene rings is 1. The molecule has 0 fully saturated rings. The Morgan fingerprint density at radius 2 is 1.74 bits per heavy atom. The summed E-state index contributed by atoms with van der Waals surface area (Å²) in [6.07, 6.45) is 1.91. The zero-order valence-corrected chi connectivity index (χ0v) is 12.0. The SMILES string of the molecule is COC(=O)C(O)(C(=O)OC)c1ccc(SC)c(C)c1. The highest BCUT2D eigenvalue weighted by Gasteiger charge is 2.48. The van der Waals surface area contributed by atoms with Crippen molar-refractivity contribution in [1.29, 1.82) is 0 Å². The maximum atomic E-state index is 11.7. The Hall–Kier alpha value is -1.53. The minimum Gasteiger partial charge on any atom is -0.466 e. The van der Waals surface area contributed by atoms with E-state index < -0.39 is 17.5 Å². The molecule has 1 N–H and O–H groups in total. The quantitative estimate of drug-likeness (QED) is 0.509. The van der Waals surface area contributed by atoms with E-state index in [0.29, 0.717) is 0 Å². The van der Waals surface area contributed by atoms with E-state index in [1.807, 2.05) is 13.2 Å². The zero-order chi connectivity index (χ0) is 14.6. The van der Waals surface area contributed by atoms with Gasteiger partial charge < -0.3 is 14.6 Å². The minimum absolute atomic E-state index is 0.126. The maximum absolute atomic E-state index is 11.7. The molecule has 0 heterocycles. The topological polar surface area (TPSA) is 72.8 Å². The average Bonchev–Trinajstić information content (AvgIpc) is 2.44. The van der Waals surface area contributed by atoms with Crippen LogP contribution in [0.2, 0.25) is 0 Å². The predicted octanol–water partition coefficient (Wildman–Crippen LogP) is 1.25. The van der Waals surface area contributed by atoms with E-state index >= 15 is 0 Å². The van der Waals surface area contributed by atoms with Crippen LogP contribution in [-0.2, 0) is 24.7 Å². The largest absolute Gasteiger partial charge is 0.466 e. The van der Waals surface area contributed by atoms with Gasteiger partial charge >= 0.3 is 11.9 Å². The lowest BCUT2D eigenvalue weighted by atomic mass is 9.92. The van der Waals surface area contributed by atoms with Crippen LogP contribution >= 0.6 is 11.8 Å². The number of rotatable bonds is 4. The van der Waals surface area contributed by atoms with Gasteiger partial charge in [0.1, 0.15) is 0 Å². The average molecular weight is 284 g/mol. The van der Waals surface area contributed by atoms with Gasteiger partial charge in [0.2, 0.25) is 0 Å². The molecule has 1 aromatic rings. The van der Waals surface area contributed by atoms with Gasteiger partial charge in [-0.2, -0.15) is 0 Å². The van der Waals surface area contributed by atoms with Crippen LogP contribution in [0.1, 0.15) is 11.1 Å². The second-order valence-electron chi connectivity index (χ2n) is 3.88. The van der Waals surface area contributed by atoms with Crippen LogP contribution in [-0.4, -0.2) is 37.5 Å². The number of ether oxygens (including phenoxy) is 2. The fourth-order valence-corrected chi connectivity index (χ4v) is 2.30. The molecule has 0 radical (unpaired) electrons. The van der Waals surface area contributed by atoms with Crippen LogP contribution in [0, 0.1) is 6.92 Å². The van der Waals surface area contributed by atoms with Crippen molar-refractivity contribution in [2.24, 2.45) is 0 Å². The van der Waals surface area contributed by atoms with Crippen molar-refractivity contribution in [2.75, 3.05) is 20.5 Å². The Bertz CT molecular complexity index is 482. The van der Waals surface area contributed by atoms with Crippen molar-refractivity contribution < 1.29 is 24.2 Å². The second-order valence-corrected chi connectivity index (χ2v) is 4.73. The molecule has 0 aliphatic carbocycles. The highest BCUT2D eigenvalue weighted by atomic mass is 32.2. The molecule has 6 heteroatoms. The van der Waals surface area contributed by atoms with Gasteiger partial charge in [-0.15, -0.1) is 11.8 Å². The van der Waals surface area contributed by atoms with Crippen molar-refractivity contribution in [1.82, 2.24) is 0 Å². The summed E-state index contributed by atoms with van der Waals surface area (Å²) < 4.78 is 8.99. The summed E-state index contributed by atoms with van der Waals surface area (Å²) >= 11 is 1.53. The Balaban J connectivity index is 3.38. The Morgan fingerprint density at radius 1 is 1.21 bits per heavy atom. The smallest absolute Gasteiger partial charge is 0.354 e. The Labute approximate surface area is 115 Å². The molecule has 0 amide bonds. The number of esters is 2. The van der Waals surface area contributed by atoms with Crippen molar-refractivity contribution in [2.45, 2.75) is 17.4 Å². The number of thioether (sulfide) groups is 1. The maximum Gasteiger partial charge on any atom is 0.354 e. The minimum atomic E-state index is -2.44. The summed E-state index contributed by atoms with van der Waals surface area (Å²) in [7, 11) is 2.19. The number of hydrogen-bond donors (Lipinski definition) is 1. The van der Waals surface area contributed by atoms with E-state index in [4.69, 9.17) is 0 Å². The first-order valence-corrected chi connectivity index (χ1v) is 6.68. The second kappa shape index (κ2) is 6.08. The number of methoxy groups -OCH3 is 2. The van der Waals surface area contributed by atoms with Gasteiger partial charge in [-0.25, -0.2) is 9.59 Å². The van der Waals surface area contributed by atoms with E-state index in [1.165, 1.54) is 17.8 Å². The fourth-order valence-electron chi connectivity index (χ4n) is 1.72. The summed E-state index contributed by atoms with van der Waals surface area (Å²) in [5, 5.41) is 10.4. The summed E-state index contributed by atoms with van der Waals surface area (Å²) in [5.41, 5.74) is -1.47. The van der Waals surface area contributed by atoms with Crippen molar-refractivity contribution in [3.05, 3.63) is 29.3 Å². The first-order valence-electron chi connectivity index (χ1n) is 5.46. The highest BCUT2D eigenvalue weighted by Crippen LogP contribution is 2.29. The lowest BCUT2D eigenvalue weighted by Crippen LogP contribution is -2.45. The third-order valence-electron chi connectivity index (χ3n) is 2.77. The molecule has 0 atom stereocenters. The molecule has 0 aliphatic heterocycles. The number of hydrogen-bond acceptors (Lipinski definition) is 6. The lowest BCUT2D eigenvalue weighted by Gasteiger charge is -2.23. The van der Waals surface area contributed by atoms with Crippen molar-refractivity contribution in [3.63, 3.8) is 0 Å². The van der Waals surface area contributed by atoms with E-state index in [-0.39, 0.29) is 5.56 Å². The third kappa shape index (κ3) is 2.74. The lowest BCUT2D eigenvalue weighted by molar-refractivity contribution is -0.181. The molecule has 0 aliphatic rings. The van der Waals surface area contributed by atoms with Crippen LogP contribution in [0.5, 0.6) is 0 Å². The molecular weight excluding hydrogens is 268 g/mol. The zero-order valence-electron chi connectivity index (χ0n) is 11.2. The van der Waals surface area contributed by atoms with Gasteiger partial charge in [0.25, 0.3) is 5.60 Å². The van der Waals surface area contributed by atoms with E-state index in [9.17, 15) is 14.7 Å². The number of carbonyl (C=O) groups excluding carboxylic acids is 2. The molecule has 104 valence electrons. The molecule has 0 bridgehead atoms. The molecule has 0 spiro atoms. The molecule has 1 aromatic carbocycles. The fraction of sp³-hybridized carbons (Fsp3) is 0.385. The van der Waals surface area contributed by atoms with Gasteiger partial charge in [-0.05, 0) is 24.8 Å². The summed E-state index contributed by atoms with van der Waals surface area (Å²) in [6, 6.07) is 4.80. The van der Waals surface area contributed by atoms with Crippen LogP contribution in [0.15, 0.2) is 23.1 Å². The number of aliphatic hydroxyl groups is 1. The number of carbonyl (C=O) groups is 2. The molecule has 5 nitrogen and oxygen atoms in total. The van der Waals surface area contributed by atoms with Gasteiger partial charge in [0.05, 0.1) is 14.2 Å². The van der Waals surface area contributed by atoms with Crippen LogP contribution in [0.4, 0.5) is 0 Å². The molecule has 19 heavy (non-hydrogen) atoms. The van der Waals surface area contributed by atoms with Gasteiger partial charge in [-0.3, -0.25) is 0 Å². The first kappa shape index (κ1) is 15.5. The monoisotopic (exact) mass is 284 g/mol.